The Labute approximate surface area is 65.9 Å². The van der Waals surface area contributed by atoms with Gasteiger partial charge in [0.1, 0.15) is 0 Å². The van der Waals surface area contributed by atoms with Crippen LogP contribution in [-0.4, -0.2) is 28.0 Å². The van der Waals surface area contributed by atoms with Crippen LogP contribution in [-0.2, 0) is 0 Å². The molecule has 0 saturated carbocycles. The highest BCUT2D eigenvalue weighted by atomic mass is 16.3. The number of nitrogens with zero attached hydrogens (tertiary/aromatic N) is 1. The molecule has 0 saturated heterocycles. The molecule has 1 atom stereocenters. The molecule has 0 aromatic carbocycles. The number of hydrogen-bond acceptors (Lipinski definition) is 2. The van der Waals surface area contributed by atoms with E-state index in [4.69, 9.17) is 10.2 Å². The van der Waals surface area contributed by atoms with E-state index in [-0.39, 0.29) is 19.3 Å². The van der Waals surface area contributed by atoms with Crippen molar-refractivity contribution in [3.63, 3.8) is 0 Å². The van der Waals surface area contributed by atoms with Gasteiger partial charge in [0.25, 0.3) is 0 Å². The van der Waals surface area contributed by atoms with E-state index in [0.29, 0.717) is 6.42 Å². The van der Waals surface area contributed by atoms with E-state index in [2.05, 4.69) is 0 Å². The Bertz CT molecular complexity index is 184. The van der Waals surface area contributed by atoms with E-state index in [1.807, 2.05) is 29.1 Å². The first-order valence-electron chi connectivity index (χ1n) is 3.72. The van der Waals surface area contributed by atoms with Crippen molar-refractivity contribution < 1.29 is 10.2 Å². The molecule has 0 radical (unpaired) electrons. The summed E-state index contributed by atoms with van der Waals surface area (Å²) in [6.07, 6.45) is 4.37. The number of aromatic nitrogens is 1. The number of rotatable bonds is 4. The normalized spacial score (nSPS) is 13.3. The quantitative estimate of drug-likeness (QED) is 0.661. The van der Waals surface area contributed by atoms with Gasteiger partial charge in [0.15, 0.2) is 0 Å². The van der Waals surface area contributed by atoms with E-state index >= 15 is 0 Å². The molecule has 1 unspecified atom stereocenters. The molecular weight excluding hydrogens is 142 g/mol. The Morgan fingerprint density at radius 3 is 2.27 bits per heavy atom. The maximum atomic E-state index is 8.90. The van der Waals surface area contributed by atoms with Gasteiger partial charge in [-0.2, -0.15) is 0 Å². The van der Waals surface area contributed by atoms with Gasteiger partial charge < -0.3 is 14.8 Å². The Morgan fingerprint density at radius 2 is 1.82 bits per heavy atom. The van der Waals surface area contributed by atoms with Gasteiger partial charge in [0.05, 0.1) is 12.6 Å². The standard InChI is InChI=1S/C8H13NO2/c10-6-3-8(7-11)9-4-1-2-5-9/h1-2,4-5,8,10-11H,3,6-7H2. The van der Waals surface area contributed by atoms with Crippen molar-refractivity contribution >= 4 is 0 Å². The van der Waals surface area contributed by atoms with E-state index in [9.17, 15) is 0 Å². The number of aliphatic hydroxyl groups is 2. The summed E-state index contributed by atoms with van der Waals surface area (Å²) < 4.78 is 1.90. The number of aliphatic hydroxyl groups excluding tert-OH is 2. The predicted octanol–water partition coefficient (Wildman–Crippen LogP) is 0.404. The van der Waals surface area contributed by atoms with Crippen LogP contribution in [0.2, 0.25) is 0 Å². The lowest BCUT2D eigenvalue weighted by Crippen LogP contribution is -2.12. The molecule has 0 amide bonds. The summed E-state index contributed by atoms with van der Waals surface area (Å²) in [6, 6.07) is 3.83. The van der Waals surface area contributed by atoms with Gasteiger partial charge in [-0.15, -0.1) is 0 Å². The monoisotopic (exact) mass is 155 g/mol. The molecule has 2 N–H and O–H groups in total. The maximum Gasteiger partial charge on any atom is 0.0639 e. The molecule has 0 aliphatic heterocycles. The number of hydrogen-bond donors (Lipinski definition) is 2. The predicted molar refractivity (Wildman–Crippen MR) is 42.3 cm³/mol. The highest BCUT2D eigenvalue weighted by Gasteiger charge is 2.05. The Hall–Kier alpha value is -0.800. The molecule has 3 nitrogen and oxygen atoms in total. The minimum absolute atomic E-state index is 0.0231. The first-order chi connectivity index (χ1) is 5.38. The van der Waals surface area contributed by atoms with E-state index in [1.165, 1.54) is 0 Å². The van der Waals surface area contributed by atoms with Crippen LogP contribution in [0.1, 0.15) is 12.5 Å². The summed E-state index contributed by atoms with van der Waals surface area (Å²) in [5, 5.41) is 17.5. The summed E-state index contributed by atoms with van der Waals surface area (Å²) in [5.41, 5.74) is 0. The highest BCUT2D eigenvalue weighted by Crippen LogP contribution is 2.09. The van der Waals surface area contributed by atoms with Gasteiger partial charge >= 0.3 is 0 Å². The van der Waals surface area contributed by atoms with Crippen LogP contribution >= 0.6 is 0 Å². The molecule has 1 aromatic rings. The third-order valence-corrected chi connectivity index (χ3v) is 1.72. The van der Waals surface area contributed by atoms with Gasteiger partial charge in [0.2, 0.25) is 0 Å². The minimum atomic E-state index is 0.0231. The van der Waals surface area contributed by atoms with Crippen molar-refractivity contribution in [2.45, 2.75) is 12.5 Å². The fraction of sp³-hybridized carbons (Fsp3) is 0.500. The van der Waals surface area contributed by atoms with Crippen molar-refractivity contribution in [1.82, 2.24) is 4.57 Å². The summed E-state index contributed by atoms with van der Waals surface area (Å²) in [5.74, 6) is 0. The van der Waals surface area contributed by atoms with Gasteiger partial charge in [-0.05, 0) is 18.6 Å². The van der Waals surface area contributed by atoms with Crippen molar-refractivity contribution in [1.29, 1.82) is 0 Å². The zero-order valence-corrected chi connectivity index (χ0v) is 6.35. The van der Waals surface area contributed by atoms with Crippen LogP contribution in [0.3, 0.4) is 0 Å². The molecule has 0 aliphatic carbocycles. The lowest BCUT2D eigenvalue weighted by atomic mass is 10.2. The summed E-state index contributed by atoms with van der Waals surface area (Å²) in [6.45, 7) is 0.193. The van der Waals surface area contributed by atoms with Gasteiger partial charge in [-0.1, -0.05) is 0 Å². The van der Waals surface area contributed by atoms with E-state index in [1.54, 1.807) is 0 Å². The second-order valence-corrected chi connectivity index (χ2v) is 2.48. The summed E-state index contributed by atoms with van der Waals surface area (Å²) in [7, 11) is 0. The molecule has 0 fully saturated rings. The minimum Gasteiger partial charge on any atom is -0.396 e. The first kappa shape index (κ1) is 8.30. The van der Waals surface area contributed by atoms with E-state index in [0.717, 1.165) is 0 Å². The Balaban J connectivity index is 2.56. The molecule has 1 heterocycles. The van der Waals surface area contributed by atoms with Gasteiger partial charge in [0, 0.05) is 19.0 Å². The van der Waals surface area contributed by atoms with Crippen molar-refractivity contribution in [3.05, 3.63) is 24.5 Å². The summed E-state index contributed by atoms with van der Waals surface area (Å²) >= 11 is 0. The van der Waals surface area contributed by atoms with Gasteiger partial charge in [-0.3, -0.25) is 0 Å². The Kier molecular flexibility index (Phi) is 3.14. The molecule has 0 spiro atoms. The molecule has 62 valence electrons. The van der Waals surface area contributed by atoms with Crippen LogP contribution in [0, 0.1) is 0 Å². The van der Waals surface area contributed by atoms with Crippen LogP contribution in [0.5, 0.6) is 0 Å². The molecule has 11 heavy (non-hydrogen) atoms. The second-order valence-electron chi connectivity index (χ2n) is 2.48. The summed E-state index contributed by atoms with van der Waals surface area (Å²) in [4.78, 5) is 0. The first-order valence-corrected chi connectivity index (χ1v) is 3.72. The van der Waals surface area contributed by atoms with Crippen molar-refractivity contribution in [3.8, 4) is 0 Å². The zero-order valence-electron chi connectivity index (χ0n) is 6.35. The van der Waals surface area contributed by atoms with Crippen molar-refractivity contribution in [2.24, 2.45) is 0 Å². The fourth-order valence-electron chi connectivity index (χ4n) is 1.07. The average Bonchev–Trinajstić information content (AvgIpc) is 2.52. The SMILES string of the molecule is OCCC(CO)n1cccc1. The molecule has 1 rings (SSSR count). The topological polar surface area (TPSA) is 45.4 Å². The molecule has 0 bridgehead atoms. The van der Waals surface area contributed by atoms with Crippen LogP contribution in [0.25, 0.3) is 0 Å². The zero-order chi connectivity index (χ0) is 8.10. The highest BCUT2D eigenvalue weighted by molar-refractivity contribution is 4.92. The maximum absolute atomic E-state index is 8.90. The van der Waals surface area contributed by atoms with Crippen LogP contribution in [0.4, 0.5) is 0 Å². The van der Waals surface area contributed by atoms with Crippen molar-refractivity contribution in [2.75, 3.05) is 13.2 Å². The van der Waals surface area contributed by atoms with E-state index < -0.39 is 0 Å². The van der Waals surface area contributed by atoms with Crippen LogP contribution < -0.4 is 0 Å². The smallest absolute Gasteiger partial charge is 0.0639 e. The molecule has 0 aliphatic rings. The average molecular weight is 155 g/mol. The van der Waals surface area contributed by atoms with Crippen LogP contribution in [0.15, 0.2) is 24.5 Å². The Morgan fingerprint density at radius 1 is 1.18 bits per heavy atom. The molecule has 3 heteroatoms. The largest absolute Gasteiger partial charge is 0.396 e. The third kappa shape index (κ3) is 2.06. The van der Waals surface area contributed by atoms with Gasteiger partial charge in [-0.25, -0.2) is 0 Å². The second kappa shape index (κ2) is 4.16. The fourth-order valence-corrected chi connectivity index (χ4v) is 1.07. The molecule has 1 aromatic heterocycles. The lowest BCUT2D eigenvalue weighted by Gasteiger charge is -2.14. The lowest BCUT2D eigenvalue weighted by molar-refractivity contribution is 0.186. The third-order valence-electron chi connectivity index (χ3n) is 1.72. The molecular formula is C8H13NO2.